The average Bonchev–Trinajstić information content (AvgIpc) is 2.70. The Balaban J connectivity index is 2.45. The van der Waals surface area contributed by atoms with Crippen molar-refractivity contribution in [1.29, 1.82) is 0 Å². The quantitative estimate of drug-likeness (QED) is 0.846. The van der Waals surface area contributed by atoms with Crippen LogP contribution in [-0.2, 0) is 6.42 Å². The first-order valence-electron chi connectivity index (χ1n) is 5.10. The molecule has 2 N–H and O–H groups in total. The molecule has 0 amide bonds. The summed E-state index contributed by atoms with van der Waals surface area (Å²) < 4.78 is 6.76. The van der Waals surface area contributed by atoms with Gasteiger partial charge in [0.2, 0.25) is 0 Å². The monoisotopic (exact) mass is 218 g/mol. The molecule has 0 unspecified atom stereocenters. The Labute approximate surface area is 93.8 Å². The molecule has 0 radical (unpaired) electrons. The summed E-state index contributed by atoms with van der Waals surface area (Å²) in [5, 5.41) is 8.03. The Morgan fingerprint density at radius 1 is 1.44 bits per heavy atom. The first-order valence-corrected chi connectivity index (χ1v) is 5.10. The molecule has 5 heteroatoms. The van der Waals surface area contributed by atoms with Crippen molar-refractivity contribution in [3.8, 4) is 11.4 Å². The van der Waals surface area contributed by atoms with Crippen molar-refractivity contribution in [3.05, 3.63) is 30.0 Å². The highest BCUT2D eigenvalue weighted by molar-refractivity contribution is 5.46. The summed E-state index contributed by atoms with van der Waals surface area (Å²) in [6, 6.07) is 7.54. The molecule has 0 aliphatic carbocycles. The Kier molecular flexibility index (Phi) is 2.76. The van der Waals surface area contributed by atoms with Gasteiger partial charge in [0.1, 0.15) is 11.4 Å². The average molecular weight is 218 g/mol. The molecule has 0 bridgehead atoms. The van der Waals surface area contributed by atoms with Crippen molar-refractivity contribution in [1.82, 2.24) is 15.0 Å². The third-order valence-corrected chi connectivity index (χ3v) is 2.41. The number of anilines is 1. The molecule has 1 aromatic carbocycles. The van der Waals surface area contributed by atoms with Crippen molar-refractivity contribution in [2.24, 2.45) is 0 Å². The number of aromatic nitrogens is 3. The molecule has 2 aromatic rings. The maximum Gasteiger partial charge on any atom is 0.151 e. The molecule has 84 valence electrons. The summed E-state index contributed by atoms with van der Waals surface area (Å²) in [6.07, 6.45) is 0.774. The number of aryl methyl sites for hydroxylation is 1. The normalized spacial score (nSPS) is 10.4. The number of methoxy groups -OCH3 is 1. The Hall–Kier alpha value is -2.04. The molecule has 1 aromatic heterocycles. The molecule has 0 aliphatic heterocycles. The number of nitrogen functional groups attached to an aromatic ring is 1. The van der Waals surface area contributed by atoms with Gasteiger partial charge >= 0.3 is 0 Å². The Morgan fingerprint density at radius 2 is 2.25 bits per heavy atom. The third-order valence-electron chi connectivity index (χ3n) is 2.41. The van der Waals surface area contributed by atoms with E-state index in [0.717, 1.165) is 23.6 Å². The van der Waals surface area contributed by atoms with Crippen molar-refractivity contribution in [2.45, 2.75) is 13.3 Å². The summed E-state index contributed by atoms with van der Waals surface area (Å²) in [6.45, 7) is 2.00. The molecule has 16 heavy (non-hydrogen) atoms. The predicted octanol–water partition coefficient (Wildman–Crippen LogP) is 1.42. The minimum atomic E-state index is 0.579. The van der Waals surface area contributed by atoms with Crippen molar-refractivity contribution in [2.75, 3.05) is 12.8 Å². The summed E-state index contributed by atoms with van der Waals surface area (Å²) in [5.74, 6) is 1.35. The predicted molar refractivity (Wildman–Crippen MR) is 61.7 cm³/mol. The van der Waals surface area contributed by atoms with Crippen molar-refractivity contribution in [3.63, 3.8) is 0 Å². The van der Waals surface area contributed by atoms with Crippen LogP contribution in [0.2, 0.25) is 0 Å². The van der Waals surface area contributed by atoms with Crippen LogP contribution in [0, 0.1) is 0 Å². The largest absolute Gasteiger partial charge is 0.497 e. The smallest absolute Gasteiger partial charge is 0.151 e. The maximum absolute atomic E-state index is 5.93. The highest BCUT2D eigenvalue weighted by atomic mass is 16.5. The molecule has 0 saturated heterocycles. The van der Waals surface area contributed by atoms with E-state index in [4.69, 9.17) is 10.5 Å². The minimum absolute atomic E-state index is 0.579. The van der Waals surface area contributed by atoms with E-state index in [1.54, 1.807) is 11.8 Å². The fourth-order valence-corrected chi connectivity index (χ4v) is 1.51. The highest BCUT2D eigenvalue weighted by Crippen LogP contribution is 2.19. The lowest BCUT2D eigenvalue weighted by molar-refractivity contribution is 0.414. The standard InChI is InChI=1S/C11H14N4O/c1-3-10-11(12)15(14-13-10)8-5-4-6-9(7-8)16-2/h4-7H,3,12H2,1-2H3. The number of benzene rings is 1. The van der Waals surface area contributed by atoms with Gasteiger partial charge in [0.25, 0.3) is 0 Å². The Bertz CT molecular complexity index is 492. The van der Waals surface area contributed by atoms with Gasteiger partial charge in [-0.25, -0.2) is 0 Å². The number of nitrogens with two attached hydrogens (primary N) is 1. The zero-order valence-electron chi connectivity index (χ0n) is 9.34. The first-order chi connectivity index (χ1) is 7.76. The molecule has 2 rings (SSSR count). The molecule has 0 fully saturated rings. The molecule has 1 heterocycles. The van der Waals surface area contributed by atoms with Crippen molar-refractivity contribution >= 4 is 5.82 Å². The molecule has 0 atom stereocenters. The van der Waals surface area contributed by atoms with Gasteiger partial charge in [0.05, 0.1) is 12.8 Å². The SMILES string of the molecule is CCc1nnn(-c2cccc(OC)c2)c1N. The van der Waals surface area contributed by atoms with Crippen LogP contribution in [0.5, 0.6) is 5.75 Å². The summed E-state index contributed by atoms with van der Waals surface area (Å²) >= 11 is 0. The van der Waals surface area contributed by atoms with E-state index in [9.17, 15) is 0 Å². The van der Waals surface area contributed by atoms with Gasteiger partial charge in [-0.15, -0.1) is 5.10 Å². The van der Waals surface area contributed by atoms with E-state index in [2.05, 4.69) is 10.3 Å². The second-order valence-corrected chi connectivity index (χ2v) is 3.39. The van der Waals surface area contributed by atoms with Gasteiger partial charge in [0, 0.05) is 6.07 Å². The lowest BCUT2D eigenvalue weighted by Crippen LogP contribution is -2.03. The van der Waals surface area contributed by atoms with Crippen LogP contribution in [0.4, 0.5) is 5.82 Å². The zero-order valence-corrected chi connectivity index (χ0v) is 9.34. The number of hydrogen-bond acceptors (Lipinski definition) is 4. The van der Waals surface area contributed by atoms with Gasteiger partial charge in [-0.05, 0) is 18.6 Å². The van der Waals surface area contributed by atoms with E-state index in [1.807, 2.05) is 31.2 Å². The van der Waals surface area contributed by atoms with Gasteiger partial charge in [0.15, 0.2) is 5.82 Å². The second-order valence-electron chi connectivity index (χ2n) is 3.39. The summed E-state index contributed by atoms with van der Waals surface area (Å²) in [5.41, 5.74) is 7.59. The van der Waals surface area contributed by atoms with Crippen LogP contribution in [0.15, 0.2) is 24.3 Å². The lowest BCUT2D eigenvalue weighted by atomic mass is 10.3. The summed E-state index contributed by atoms with van der Waals surface area (Å²) in [4.78, 5) is 0. The van der Waals surface area contributed by atoms with Crippen LogP contribution in [0.25, 0.3) is 5.69 Å². The molecular weight excluding hydrogens is 204 g/mol. The van der Waals surface area contributed by atoms with Crippen LogP contribution in [0.3, 0.4) is 0 Å². The fraction of sp³-hybridized carbons (Fsp3) is 0.273. The van der Waals surface area contributed by atoms with E-state index in [0.29, 0.717) is 5.82 Å². The van der Waals surface area contributed by atoms with Crippen LogP contribution in [0.1, 0.15) is 12.6 Å². The Morgan fingerprint density at radius 3 is 2.88 bits per heavy atom. The number of hydrogen-bond donors (Lipinski definition) is 1. The van der Waals surface area contributed by atoms with Gasteiger partial charge in [-0.2, -0.15) is 4.68 Å². The fourth-order valence-electron chi connectivity index (χ4n) is 1.51. The summed E-state index contributed by atoms with van der Waals surface area (Å²) in [7, 11) is 1.63. The highest BCUT2D eigenvalue weighted by Gasteiger charge is 2.09. The lowest BCUT2D eigenvalue weighted by Gasteiger charge is -2.05. The van der Waals surface area contributed by atoms with E-state index >= 15 is 0 Å². The van der Waals surface area contributed by atoms with Gasteiger partial charge in [-0.1, -0.05) is 18.2 Å². The molecule has 0 saturated carbocycles. The minimum Gasteiger partial charge on any atom is -0.497 e. The van der Waals surface area contributed by atoms with Gasteiger partial charge in [-0.3, -0.25) is 0 Å². The number of ether oxygens (including phenoxy) is 1. The molecular formula is C11H14N4O. The maximum atomic E-state index is 5.93. The van der Waals surface area contributed by atoms with Crippen LogP contribution >= 0.6 is 0 Å². The van der Waals surface area contributed by atoms with Crippen molar-refractivity contribution < 1.29 is 4.74 Å². The molecule has 0 aliphatic rings. The van der Waals surface area contributed by atoms with Gasteiger partial charge < -0.3 is 10.5 Å². The zero-order chi connectivity index (χ0) is 11.5. The number of nitrogens with zero attached hydrogens (tertiary/aromatic N) is 3. The third kappa shape index (κ3) is 1.71. The van der Waals surface area contributed by atoms with E-state index in [1.165, 1.54) is 0 Å². The van der Waals surface area contributed by atoms with E-state index < -0.39 is 0 Å². The van der Waals surface area contributed by atoms with Crippen LogP contribution in [-0.4, -0.2) is 22.1 Å². The van der Waals surface area contributed by atoms with Crippen LogP contribution < -0.4 is 10.5 Å². The number of rotatable bonds is 3. The molecule has 0 spiro atoms. The first kappa shape index (κ1) is 10.5. The topological polar surface area (TPSA) is 66.0 Å². The molecule has 5 nitrogen and oxygen atoms in total. The second kappa shape index (κ2) is 4.22. The van der Waals surface area contributed by atoms with E-state index in [-0.39, 0.29) is 0 Å².